The summed E-state index contributed by atoms with van der Waals surface area (Å²) < 4.78 is 1.65. The predicted octanol–water partition coefficient (Wildman–Crippen LogP) is 5.40. The van der Waals surface area contributed by atoms with Gasteiger partial charge in [0.2, 0.25) is 0 Å². The van der Waals surface area contributed by atoms with E-state index in [2.05, 4.69) is 37.2 Å². The standard InChI is InChI=1S/C22H23BrN6/c23-11-21(24)29-22(27-12-16-5-2-1-3-6-16)19(15-28-29)17-8-9-20(26-14-17)18-7-4-10-25-13-18/h4,7-16H,1-3,5-6,24H2/b21-11+,27-12+. The van der Waals surface area contributed by atoms with Crippen LogP contribution in [0, 0.1) is 5.92 Å². The third-order valence-corrected chi connectivity index (χ3v) is 5.66. The molecule has 0 unspecified atom stereocenters. The Morgan fingerprint density at radius 3 is 2.66 bits per heavy atom. The van der Waals surface area contributed by atoms with Crippen LogP contribution in [0.3, 0.4) is 0 Å². The van der Waals surface area contributed by atoms with Gasteiger partial charge in [-0.2, -0.15) is 9.78 Å². The van der Waals surface area contributed by atoms with Gasteiger partial charge in [-0.1, -0.05) is 41.3 Å². The minimum absolute atomic E-state index is 0.479. The van der Waals surface area contributed by atoms with Gasteiger partial charge in [0.15, 0.2) is 5.82 Å². The zero-order valence-electron chi connectivity index (χ0n) is 16.1. The molecule has 0 atom stereocenters. The molecule has 7 heteroatoms. The van der Waals surface area contributed by atoms with Gasteiger partial charge in [0.05, 0.1) is 11.9 Å². The molecule has 0 amide bonds. The summed E-state index contributed by atoms with van der Waals surface area (Å²) in [6.07, 6.45) is 15.5. The largest absolute Gasteiger partial charge is 0.383 e. The molecule has 1 fully saturated rings. The van der Waals surface area contributed by atoms with Crippen molar-refractivity contribution >= 4 is 33.8 Å². The van der Waals surface area contributed by atoms with Crippen LogP contribution in [0.5, 0.6) is 0 Å². The van der Waals surface area contributed by atoms with Gasteiger partial charge in [-0.3, -0.25) is 9.97 Å². The summed E-state index contributed by atoms with van der Waals surface area (Å²) in [7, 11) is 0. The lowest BCUT2D eigenvalue weighted by Crippen LogP contribution is -2.09. The van der Waals surface area contributed by atoms with Crippen molar-refractivity contribution in [3.05, 3.63) is 54.0 Å². The third-order valence-electron chi connectivity index (χ3n) is 5.19. The maximum atomic E-state index is 6.11. The van der Waals surface area contributed by atoms with Crippen molar-refractivity contribution in [3.8, 4) is 22.4 Å². The second kappa shape index (κ2) is 9.13. The molecule has 1 saturated carbocycles. The number of aliphatic imine (C=N–C) groups is 1. The molecule has 3 heterocycles. The van der Waals surface area contributed by atoms with Gasteiger partial charge in [-0.25, -0.2) is 4.99 Å². The Kier molecular flexibility index (Phi) is 6.14. The molecule has 148 valence electrons. The molecular formula is C22H23BrN6. The molecule has 1 aliphatic rings. The Bertz CT molecular complexity index is 1000. The molecular weight excluding hydrogens is 428 g/mol. The van der Waals surface area contributed by atoms with Crippen LogP contribution in [0.2, 0.25) is 0 Å². The summed E-state index contributed by atoms with van der Waals surface area (Å²) in [4.78, 5) is 15.2. The highest BCUT2D eigenvalue weighted by atomic mass is 79.9. The first-order valence-corrected chi connectivity index (χ1v) is 10.7. The van der Waals surface area contributed by atoms with E-state index in [4.69, 9.17) is 10.7 Å². The SMILES string of the molecule is N/C(=C\Br)n1ncc(-c2ccc(-c3cccnc3)nc2)c1/N=C/C1CCCCC1. The third kappa shape index (κ3) is 4.45. The Balaban J connectivity index is 1.67. The molecule has 4 rings (SSSR count). The molecule has 0 spiro atoms. The quantitative estimate of drug-likeness (QED) is 0.527. The minimum atomic E-state index is 0.479. The smallest absolute Gasteiger partial charge is 0.164 e. The molecule has 3 aromatic heterocycles. The maximum Gasteiger partial charge on any atom is 0.164 e. The van der Waals surface area contributed by atoms with E-state index in [1.165, 1.54) is 32.1 Å². The first kappa shape index (κ1) is 19.5. The van der Waals surface area contributed by atoms with E-state index >= 15 is 0 Å². The first-order valence-electron chi connectivity index (χ1n) is 9.81. The van der Waals surface area contributed by atoms with E-state index in [0.29, 0.717) is 11.7 Å². The van der Waals surface area contributed by atoms with Crippen molar-refractivity contribution in [1.29, 1.82) is 0 Å². The van der Waals surface area contributed by atoms with Crippen LogP contribution >= 0.6 is 15.9 Å². The van der Waals surface area contributed by atoms with Crippen molar-refractivity contribution in [2.24, 2.45) is 16.6 Å². The van der Waals surface area contributed by atoms with E-state index in [-0.39, 0.29) is 0 Å². The molecule has 29 heavy (non-hydrogen) atoms. The Morgan fingerprint density at radius 1 is 1.10 bits per heavy atom. The normalized spacial score (nSPS) is 15.8. The van der Waals surface area contributed by atoms with E-state index in [0.717, 1.165) is 28.2 Å². The molecule has 0 saturated heterocycles. The monoisotopic (exact) mass is 450 g/mol. The number of aromatic nitrogens is 4. The van der Waals surface area contributed by atoms with Crippen molar-refractivity contribution in [1.82, 2.24) is 19.7 Å². The Morgan fingerprint density at radius 2 is 1.97 bits per heavy atom. The second-order valence-corrected chi connectivity index (χ2v) is 7.64. The Hall–Kier alpha value is -2.80. The Labute approximate surface area is 178 Å². The van der Waals surface area contributed by atoms with Crippen LogP contribution < -0.4 is 5.73 Å². The molecule has 2 N–H and O–H groups in total. The van der Waals surface area contributed by atoms with E-state index in [9.17, 15) is 0 Å². The first-order chi connectivity index (χ1) is 14.3. The van der Waals surface area contributed by atoms with Crippen molar-refractivity contribution < 1.29 is 0 Å². The van der Waals surface area contributed by atoms with E-state index in [1.54, 1.807) is 28.3 Å². The number of hydrogen-bond acceptors (Lipinski definition) is 5. The zero-order valence-corrected chi connectivity index (χ0v) is 17.7. The fraction of sp³-hybridized carbons (Fsp3) is 0.273. The van der Waals surface area contributed by atoms with Crippen LogP contribution in [-0.2, 0) is 0 Å². The maximum absolute atomic E-state index is 6.11. The van der Waals surface area contributed by atoms with Gasteiger partial charge in [0.1, 0.15) is 5.82 Å². The van der Waals surface area contributed by atoms with Crippen molar-refractivity contribution in [2.75, 3.05) is 0 Å². The summed E-state index contributed by atoms with van der Waals surface area (Å²) in [5.74, 6) is 1.71. The van der Waals surface area contributed by atoms with Crippen molar-refractivity contribution in [2.45, 2.75) is 32.1 Å². The van der Waals surface area contributed by atoms with E-state index in [1.807, 2.05) is 30.5 Å². The van der Waals surface area contributed by atoms with Crippen LogP contribution in [0.15, 0.2) is 59.0 Å². The van der Waals surface area contributed by atoms with Gasteiger partial charge in [0.25, 0.3) is 0 Å². The lowest BCUT2D eigenvalue weighted by molar-refractivity contribution is 0.445. The highest BCUT2D eigenvalue weighted by Gasteiger charge is 2.16. The summed E-state index contributed by atoms with van der Waals surface area (Å²) in [6, 6.07) is 7.92. The molecule has 0 aliphatic heterocycles. The lowest BCUT2D eigenvalue weighted by atomic mass is 9.90. The summed E-state index contributed by atoms with van der Waals surface area (Å²) in [6.45, 7) is 0. The topological polar surface area (TPSA) is 82.0 Å². The number of rotatable bonds is 5. The zero-order chi connectivity index (χ0) is 20.1. The molecule has 0 radical (unpaired) electrons. The fourth-order valence-electron chi connectivity index (χ4n) is 3.60. The van der Waals surface area contributed by atoms with Crippen LogP contribution in [0.1, 0.15) is 32.1 Å². The lowest BCUT2D eigenvalue weighted by Gasteiger charge is -2.17. The number of hydrogen-bond donors (Lipinski definition) is 1. The summed E-state index contributed by atoms with van der Waals surface area (Å²) in [5.41, 5.74) is 9.82. The van der Waals surface area contributed by atoms with Gasteiger partial charge in [0, 0.05) is 46.5 Å². The molecule has 0 aromatic carbocycles. The van der Waals surface area contributed by atoms with Gasteiger partial charge < -0.3 is 5.73 Å². The average Bonchev–Trinajstić information content (AvgIpc) is 3.22. The van der Waals surface area contributed by atoms with Gasteiger partial charge >= 0.3 is 0 Å². The number of nitrogens with two attached hydrogens (primary N) is 1. The number of pyridine rings is 2. The average molecular weight is 451 g/mol. The highest BCUT2D eigenvalue weighted by molar-refractivity contribution is 9.11. The van der Waals surface area contributed by atoms with Crippen LogP contribution in [0.25, 0.3) is 28.2 Å². The number of nitrogens with zero attached hydrogens (tertiary/aromatic N) is 5. The predicted molar refractivity (Wildman–Crippen MR) is 121 cm³/mol. The summed E-state index contributed by atoms with van der Waals surface area (Å²) >= 11 is 3.30. The van der Waals surface area contributed by atoms with Gasteiger partial charge in [-0.05, 0) is 37.0 Å². The highest BCUT2D eigenvalue weighted by Crippen LogP contribution is 2.33. The van der Waals surface area contributed by atoms with Crippen LogP contribution in [-0.4, -0.2) is 26.0 Å². The second-order valence-electron chi connectivity index (χ2n) is 7.18. The number of halogens is 1. The van der Waals surface area contributed by atoms with Crippen LogP contribution in [0.4, 0.5) is 5.82 Å². The fourth-order valence-corrected chi connectivity index (χ4v) is 3.80. The van der Waals surface area contributed by atoms with Crippen molar-refractivity contribution in [3.63, 3.8) is 0 Å². The minimum Gasteiger partial charge on any atom is -0.383 e. The van der Waals surface area contributed by atoms with Gasteiger partial charge in [-0.15, -0.1) is 0 Å². The summed E-state index contributed by atoms with van der Waals surface area (Å²) in [5, 5.41) is 4.45. The molecule has 0 bridgehead atoms. The molecule has 1 aliphatic carbocycles. The molecule has 3 aromatic rings. The van der Waals surface area contributed by atoms with E-state index < -0.39 is 0 Å². The molecule has 6 nitrogen and oxygen atoms in total.